The fraction of sp³-hybridized carbons (Fsp3) is 0.571. The minimum atomic E-state index is -3.52. The maximum atomic E-state index is 12.5. The molecule has 1 aromatic rings. The van der Waals surface area contributed by atoms with Gasteiger partial charge in [0.05, 0.1) is 4.90 Å². The van der Waals surface area contributed by atoms with Crippen molar-refractivity contribution in [3.05, 3.63) is 27.7 Å². The summed E-state index contributed by atoms with van der Waals surface area (Å²) < 4.78 is 28.5. The second-order valence-corrected chi connectivity index (χ2v) is 7.99. The predicted molar refractivity (Wildman–Crippen MR) is 90.0 cm³/mol. The molecule has 0 saturated heterocycles. The van der Waals surface area contributed by atoms with E-state index in [1.54, 1.807) is 13.0 Å². The van der Waals surface area contributed by atoms with Crippen LogP contribution in [-0.4, -0.2) is 47.0 Å². The van der Waals surface area contributed by atoms with E-state index in [2.05, 4.69) is 26.0 Å². The van der Waals surface area contributed by atoms with E-state index in [0.29, 0.717) is 18.0 Å². The molecular weight excluding hydrogens is 354 g/mol. The van der Waals surface area contributed by atoms with Gasteiger partial charge >= 0.3 is 0 Å². The van der Waals surface area contributed by atoms with Crippen molar-refractivity contribution in [2.75, 3.05) is 27.7 Å². The van der Waals surface area contributed by atoms with Crippen molar-refractivity contribution in [2.45, 2.75) is 31.3 Å². The summed E-state index contributed by atoms with van der Waals surface area (Å²) in [6.45, 7) is 4.78. The number of hydrogen-bond donors (Lipinski definition) is 2. The van der Waals surface area contributed by atoms with E-state index in [9.17, 15) is 8.42 Å². The van der Waals surface area contributed by atoms with E-state index in [1.165, 1.54) is 0 Å². The van der Waals surface area contributed by atoms with Crippen molar-refractivity contribution in [3.8, 4) is 0 Å². The summed E-state index contributed by atoms with van der Waals surface area (Å²) in [5.41, 5.74) is 1.65. The van der Waals surface area contributed by atoms with E-state index in [-0.39, 0.29) is 6.04 Å². The third-order valence-electron chi connectivity index (χ3n) is 3.48. The number of halogens is 1. The number of nitrogens with one attached hydrogen (secondary N) is 2. The lowest BCUT2D eigenvalue weighted by Crippen LogP contribution is -2.38. The summed E-state index contributed by atoms with van der Waals surface area (Å²) in [7, 11) is 2.16. The van der Waals surface area contributed by atoms with Gasteiger partial charge in [-0.15, -0.1) is 0 Å². The first kappa shape index (κ1) is 18.6. The lowest BCUT2D eigenvalue weighted by Gasteiger charge is -2.20. The molecule has 5 nitrogen and oxygen atoms in total. The van der Waals surface area contributed by atoms with Crippen molar-refractivity contribution < 1.29 is 8.42 Å². The minimum absolute atomic E-state index is 0.129. The molecular formula is C14H24BrN3O2S. The summed E-state index contributed by atoms with van der Waals surface area (Å²) in [5.74, 6) is 0. The van der Waals surface area contributed by atoms with Gasteiger partial charge in [0.1, 0.15) is 0 Å². The Morgan fingerprint density at radius 3 is 2.48 bits per heavy atom. The molecule has 1 atom stereocenters. The van der Waals surface area contributed by atoms with Gasteiger partial charge in [-0.2, -0.15) is 0 Å². The Balaban J connectivity index is 3.07. The van der Waals surface area contributed by atoms with Crippen molar-refractivity contribution in [2.24, 2.45) is 0 Å². The van der Waals surface area contributed by atoms with Gasteiger partial charge in [0.15, 0.2) is 0 Å². The zero-order valence-electron chi connectivity index (χ0n) is 13.2. The summed E-state index contributed by atoms with van der Waals surface area (Å²) in [6, 6.07) is 3.79. The molecule has 0 saturated carbocycles. The molecule has 0 spiro atoms. The number of sulfonamides is 1. The van der Waals surface area contributed by atoms with Gasteiger partial charge in [-0.3, -0.25) is 0 Å². The zero-order valence-corrected chi connectivity index (χ0v) is 15.6. The van der Waals surface area contributed by atoms with Gasteiger partial charge in [-0.25, -0.2) is 13.1 Å². The summed E-state index contributed by atoms with van der Waals surface area (Å²) in [6.07, 6.45) is 0. The van der Waals surface area contributed by atoms with E-state index in [4.69, 9.17) is 0 Å². The van der Waals surface area contributed by atoms with Crippen LogP contribution in [0.5, 0.6) is 0 Å². The molecule has 0 bridgehead atoms. The molecule has 0 aromatic heterocycles. The highest BCUT2D eigenvalue weighted by Gasteiger charge is 2.20. The number of rotatable bonds is 7. The van der Waals surface area contributed by atoms with Crippen LogP contribution in [0.15, 0.2) is 21.5 Å². The standard InChI is InChI=1S/C14H24BrN3O2S/c1-10(18(4)5)8-17-21(19,20)14-7-12(9-16-3)6-13(15)11(14)2/h6-7,10,16-17H,8-9H2,1-5H3. The van der Waals surface area contributed by atoms with Gasteiger partial charge in [0.2, 0.25) is 10.0 Å². The van der Waals surface area contributed by atoms with Crippen LogP contribution in [0.1, 0.15) is 18.1 Å². The summed E-state index contributed by atoms with van der Waals surface area (Å²) >= 11 is 3.43. The van der Waals surface area contributed by atoms with Crippen molar-refractivity contribution in [1.29, 1.82) is 0 Å². The Kier molecular flexibility index (Phi) is 6.80. The van der Waals surface area contributed by atoms with Crippen LogP contribution in [0.3, 0.4) is 0 Å². The Hall–Kier alpha value is -0.470. The second kappa shape index (κ2) is 7.69. The molecule has 0 amide bonds. The Labute approximate surface area is 136 Å². The topological polar surface area (TPSA) is 61.4 Å². The van der Waals surface area contributed by atoms with E-state index in [0.717, 1.165) is 15.6 Å². The van der Waals surface area contributed by atoms with Gasteiger partial charge in [-0.05, 0) is 58.3 Å². The Bertz CT molecular complexity index is 588. The molecule has 1 rings (SSSR count). The minimum Gasteiger partial charge on any atom is -0.316 e. The van der Waals surface area contributed by atoms with E-state index >= 15 is 0 Å². The average Bonchev–Trinajstić information content (AvgIpc) is 2.40. The number of nitrogens with zero attached hydrogens (tertiary/aromatic N) is 1. The zero-order chi connectivity index (χ0) is 16.2. The largest absolute Gasteiger partial charge is 0.316 e. The first-order chi connectivity index (χ1) is 9.69. The van der Waals surface area contributed by atoms with Crippen LogP contribution in [0.2, 0.25) is 0 Å². The second-order valence-electron chi connectivity index (χ2n) is 5.40. The molecule has 2 N–H and O–H groups in total. The number of benzene rings is 1. The molecule has 7 heteroatoms. The highest BCUT2D eigenvalue weighted by atomic mass is 79.9. The smallest absolute Gasteiger partial charge is 0.240 e. The van der Waals surface area contributed by atoms with Gasteiger partial charge in [0, 0.05) is 23.6 Å². The molecule has 1 aromatic carbocycles. The first-order valence-electron chi connectivity index (χ1n) is 6.78. The maximum absolute atomic E-state index is 12.5. The van der Waals surface area contributed by atoms with E-state index < -0.39 is 10.0 Å². The lowest BCUT2D eigenvalue weighted by molar-refractivity contribution is 0.314. The van der Waals surface area contributed by atoms with Crippen molar-refractivity contribution >= 4 is 26.0 Å². The molecule has 120 valence electrons. The molecule has 1 unspecified atom stereocenters. The van der Waals surface area contributed by atoms with Crippen LogP contribution >= 0.6 is 15.9 Å². The third kappa shape index (κ3) is 5.03. The highest BCUT2D eigenvalue weighted by Crippen LogP contribution is 2.25. The number of hydrogen-bond acceptors (Lipinski definition) is 4. The van der Waals surface area contributed by atoms with Crippen molar-refractivity contribution in [1.82, 2.24) is 14.9 Å². The summed E-state index contributed by atoms with van der Waals surface area (Å²) in [5, 5.41) is 3.03. The SMILES string of the molecule is CNCc1cc(Br)c(C)c(S(=O)(=O)NCC(C)N(C)C)c1. The molecule has 0 aliphatic rings. The maximum Gasteiger partial charge on any atom is 0.240 e. The van der Waals surface area contributed by atoms with Gasteiger partial charge < -0.3 is 10.2 Å². The fourth-order valence-corrected chi connectivity index (χ4v) is 3.86. The normalized spacial score (nSPS) is 13.7. The van der Waals surface area contributed by atoms with Crippen LogP contribution in [0.4, 0.5) is 0 Å². The van der Waals surface area contributed by atoms with Crippen LogP contribution in [0, 0.1) is 6.92 Å². The molecule has 0 aliphatic heterocycles. The average molecular weight is 378 g/mol. The summed E-state index contributed by atoms with van der Waals surface area (Å²) in [4.78, 5) is 2.30. The first-order valence-corrected chi connectivity index (χ1v) is 9.06. The van der Waals surface area contributed by atoms with Crippen LogP contribution in [0.25, 0.3) is 0 Å². The van der Waals surface area contributed by atoms with Crippen LogP contribution in [-0.2, 0) is 16.6 Å². The van der Waals surface area contributed by atoms with Crippen molar-refractivity contribution in [3.63, 3.8) is 0 Å². The lowest BCUT2D eigenvalue weighted by atomic mass is 10.1. The quantitative estimate of drug-likeness (QED) is 0.758. The van der Waals surface area contributed by atoms with Gasteiger partial charge in [0.25, 0.3) is 0 Å². The van der Waals surface area contributed by atoms with E-state index in [1.807, 2.05) is 39.0 Å². The molecule has 0 radical (unpaired) electrons. The molecule has 0 fully saturated rings. The molecule has 21 heavy (non-hydrogen) atoms. The van der Waals surface area contributed by atoms with Gasteiger partial charge in [-0.1, -0.05) is 15.9 Å². The number of likely N-dealkylation sites (N-methyl/N-ethyl adjacent to an activating group) is 1. The predicted octanol–water partition coefficient (Wildman–Crippen LogP) is 1.71. The molecule has 0 heterocycles. The Morgan fingerprint density at radius 2 is 1.95 bits per heavy atom. The monoisotopic (exact) mass is 377 g/mol. The highest BCUT2D eigenvalue weighted by molar-refractivity contribution is 9.10. The fourth-order valence-electron chi connectivity index (χ4n) is 1.78. The Morgan fingerprint density at radius 1 is 1.33 bits per heavy atom. The van der Waals surface area contributed by atoms with Crippen LogP contribution < -0.4 is 10.0 Å². The third-order valence-corrected chi connectivity index (χ3v) is 5.85. The molecule has 0 aliphatic carbocycles.